The molecule has 1 saturated heterocycles. The molecule has 3 rings (SSSR count). The zero-order chi connectivity index (χ0) is 19.1. The Morgan fingerprint density at radius 2 is 1.92 bits per heavy atom. The average molecular weight is 360 g/mol. The van der Waals surface area contributed by atoms with Crippen LogP contribution in [0.3, 0.4) is 0 Å². The SMILES string of the molecule is COc1c(N2CCCCC2=O)cc2c(c1C)CN(C(=O)OC(C)(C)C)C2. The summed E-state index contributed by atoms with van der Waals surface area (Å²) in [4.78, 5) is 28.4. The highest BCUT2D eigenvalue weighted by Gasteiger charge is 2.32. The number of anilines is 1. The fourth-order valence-corrected chi connectivity index (χ4v) is 3.68. The highest BCUT2D eigenvalue weighted by molar-refractivity contribution is 5.96. The fraction of sp³-hybridized carbons (Fsp3) is 0.600. The molecule has 0 bridgehead atoms. The van der Waals surface area contributed by atoms with Gasteiger partial charge in [0.2, 0.25) is 5.91 Å². The van der Waals surface area contributed by atoms with Crippen LogP contribution in [-0.4, -0.2) is 36.2 Å². The van der Waals surface area contributed by atoms with Crippen molar-refractivity contribution in [3.8, 4) is 5.75 Å². The van der Waals surface area contributed by atoms with Crippen molar-refractivity contribution in [3.63, 3.8) is 0 Å². The first-order valence-electron chi connectivity index (χ1n) is 9.19. The Morgan fingerprint density at radius 3 is 2.54 bits per heavy atom. The van der Waals surface area contributed by atoms with Gasteiger partial charge in [0.1, 0.15) is 11.4 Å². The molecule has 2 aliphatic heterocycles. The van der Waals surface area contributed by atoms with E-state index in [9.17, 15) is 9.59 Å². The quantitative estimate of drug-likeness (QED) is 0.805. The molecule has 0 unspecified atom stereocenters. The molecule has 0 aromatic heterocycles. The summed E-state index contributed by atoms with van der Waals surface area (Å²) in [5.74, 6) is 0.862. The van der Waals surface area contributed by atoms with E-state index in [0.717, 1.165) is 41.0 Å². The number of carbonyl (C=O) groups is 2. The number of fused-ring (bicyclic) bond motifs is 1. The lowest BCUT2D eigenvalue weighted by Gasteiger charge is -2.29. The summed E-state index contributed by atoms with van der Waals surface area (Å²) in [7, 11) is 1.63. The van der Waals surface area contributed by atoms with Gasteiger partial charge in [-0.3, -0.25) is 9.69 Å². The Bertz CT molecular complexity index is 736. The monoisotopic (exact) mass is 360 g/mol. The van der Waals surface area contributed by atoms with Gasteiger partial charge in [0.15, 0.2) is 0 Å². The number of hydrogen-bond acceptors (Lipinski definition) is 4. The standard InChI is InChI=1S/C20H28N2O4/c1-13-15-12-21(19(24)26-20(2,3)4)11-14(15)10-16(18(13)25-5)22-9-7-6-8-17(22)23/h10H,6-9,11-12H2,1-5H3. The number of nitrogens with zero attached hydrogens (tertiary/aromatic N) is 2. The van der Waals surface area contributed by atoms with Crippen molar-refractivity contribution in [2.24, 2.45) is 0 Å². The number of hydrogen-bond donors (Lipinski definition) is 0. The first kappa shape index (κ1) is 18.5. The summed E-state index contributed by atoms with van der Waals surface area (Å²) in [6, 6.07) is 2.01. The number of methoxy groups -OCH3 is 1. The molecule has 26 heavy (non-hydrogen) atoms. The van der Waals surface area contributed by atoms with Crippen LogP contribution in [0, 0.1) is 6.92 Å². The van der Waals surface area contributed by atoms with Gasteiger partial charge < -0.3 is 14.4 Å². The van der Waals surface area contributed by atoms with Crippen LogP contribution < -0.4 is 9.64 Å². The molecule has 6 heteroatoms. The second-order valence-corrected chi connectivity index (χ2v) is 8.03. The van der Waals surface area contributed by atoms with Gasteiger partial charge in [-0.15, -0.1) is 0 Å². The lowest BCUT2D eigenvalue weighted by molar-refractivity contribution is -0.119. The minimum absolute atomic E-state index is 0.135. The molecule has 6 nitrogen and oxygen atoms in total. The first-order chi connectivity index (χ1) is 12.2. The van der Waals surface area contributed by atoms with Gasteiger partial charge in [-0.1, -0.05) is 0 Å². The van der Waals surface area contributed by atoms with E-state index in [2.05, 4.69) is 0 Å². The number of amides is 2. The van der Waals surface area contributed by atoms with Crippen molar-refractivity contribution in [1.82, 2.24) is 4.90 Å². The van der Waals surface area contributed by atoms with E-state index < -0.39 is 5.60 Å². The Kier molecular flexibility index (Phi) is 4.86. The number of benzene rings is 1. The lowest BCUT2D eigenvalue weighted by Crippen LogP contribution is -2.35. The van der Waals surface area contributed by atoms with Gasteiger partial charge in [-0.25, -0.2) is 4.79 Å². The summed E-state index contributed by atoms with van der Waals surface area (Å²) in [6.07, 6.45) is 2.19. The molecule has 0 aliphatic carbocycles. The van der Waals surface area contributed by atoms with Crippen LogP contribution in [0.15, 0.2) is 6.07 Å². The summed E-state index contributed by atoms with van der Waals surface area (Å²) in [5, 5.41) is 0. The predicted octanol–water partition coefficient (Wildman–Crippen LogP) is 3.77. The van der Waals surface area contributed by atoms with E-state index in [0.29, 0.717) is 26.1 Å². The summed E-state index contributed by atoms with van der Waals surface area (Å²) >= 11 is 0. The van der Waals surface area contributed by atoms with Crippen molar-refractivity contribution in [1.29, 1.82) is 0 Å². The minimum atomic E-state index is -0.524. The molecule has 1 fully saturated rings. The fourth-order valence-electron chi connectivity index (χ4n) is 3.68. The van der Waals surface area contributed by atoms with Crippen molar-refractivity contribution < 1.29 is 19.1 Å². The topological polar surface area (TPSA) is 59.1 Å². The molecule has 1 aromatic carbocycles. The maximum atomic E-state index is 12.4. The molecule has 0 saturated carbocycles. The Morgan fingerprint density at radius 1 is 1.19 bits per heavy atom. The number of rotatable bonds is 2. The molecule has 142 valence electrons. The van der Waals surface area contributed by atoms with Crippen molar-refractivity contribution in [3.05, 3.63) is 22.8 Å². The van der Waals surface area contributed by atoms with Crippen LogP contribution in [0.25, 0.3) is 0 Å². The van der Waals surface area contributed by atoms with Gasteiger partial charge in [-0.05, 0) is 63.3 Å². The third kappa shape index (κ3) is 3.50. The summed E-state index contributed by atoms with van der Waals surface area (Å²) in [5.41, 5.74) is 3.43. The Hall–Kier alpha value is -2.24. The largest absolute Gasteiger partial charge is 0.494 e. The van der Waals surface area contributed by atoms with Crippen molar-refractivity contribution >= 4 is 17.7 Å². The highest BCUT2D eigenvalue weighted by atomic mass is 16.6. The number of ether oxygens (including phenoxy) is 2. The van der Waals surface area contributed by atoms with Gasteiger partial charge in [0, 0.05) is 19.5 Å². The molecular weight excluding hydrogens is 332 g/mol. The molecule has 2 aliphatic rings. The normalized spacial score (nSPS) is 17.3. The van der Waals surface area contributed by atoms with Crippen LogP contribution in [0.1, 0.15) is 56.7 Å². The molecule has 0 radical (unpaired) electrons. The van der Waals surface area contributed by atoms with Crippen molar-refractivity contribution in [2.45, 2.75) is 65.6 Å². The molecule has 0 atom stereocenters. The van der Waals surface area contributed by atoms with Crippen molar-refractivity contribution in [2.75, 3.05) is 18.6 Å². The van der Waals surface area contributed by atoms with E-state index in [-0.39, 0.29) is 12.0 Å². The predicted molar refractivity (Wildman–Crippen MR) is 99.4 cm³/mol. The third-order valence-corrected chi connectivity index (χ3v) is 4.90. The van der Waals surface area contributed by atoms with E-state index >= 15 is 0 Å². The molecule has 1 aromatic rings. The molecule has 2 heterocycles. The van der Waals surface area contributed by atoms with Gasteiger partial charge in [0.25, 0.3) is 0 Å². The van der Waals surface area contributed by atoms with Crippen LogP contribution in [0.5, 0.6) is 5.75 Å². The van der Waals surface area contributed by atoms with E-state index in [1.165, 1.54) is 0 Å². The van der Waals surface area contributed by atoms with E-state index in [4.69, 9.17) is 9.47 Å². The minimum Gasteiger partial charge on any atom is -0.494 e. The van der Waals surface area contributed by atoms with Crippen LogP contribution in [0.2, 0.25) is 0 Å². The molecule has 2 amide bonds. The smallest absolute Gasteiger partial charge is 0.410 e. The average Bonchev–Trinajstić information content (AvgIpc) is 2.98. The van der Waals surface area contributed by atoms with E-state index in [1.54, 1.807) is 12.0 Å². The first-order valence-corrected chi connectivity index (χ1v) is 9.19. The maximum Gasteiger partial charge on any atom is 0.410 e. The second-order valence-electron chi connectivity index (χ2n) is 8.03. The third-order valence-electron chi connectivity index (χ3n) is 4.90. The zero-order valence-electron chi connectivity index (χ0n) is 16.3. The van der Waals surface area contributed by atoms with Gasteiger partial charge in [0.05, 0.1) is 19.3 Å². The number of carbonyl (C=O) groups excluding carboxylic acids is 2. The van der Waals surface area contributed by atoms with Crippen LogP contribution in [0.4, 0.5) is 10.5 Å². The summed E-state index contributed by atoms with van der Waals surface area (Å²) < 4.78 is 11.2. The lowest BCUT2D eigenvalue weighted by atomic mass is 10.00. The highest BCUT2D eigenvalue weighted by Crippen LogP contribution is 2.41. The maximum absolute atomic E-state index is 12.4. The van der Waals surface area contributed by atoms with Gasteiger partial charge in [-0.2, -0.15) is 0 Å². The van der Waals surface area contributed by atoms with E-state index in [1.807, 2.05) is 38.7 Å². The Balaban J connectivity index is 1.92. The van der Waals surface area contributed by atoms with Crippen LogP contribution >= 0.6 is 0 Å². The number of piperidine rings is 1. The zero-order valence-corrected chi connectivity index (χ0v) is 16.3. The molecule has 0 spiro atoms. The molecule has 0 N–H and O–H groups in total. The summed E-state index contributed by atoms with van der Waals surface area (Å²) in [6.45, 7) is 9.29. The van der Waals surface area contributed by atoms with Crippen LogP contribution in [-0.2, 0) is 22.6 Å². The second kappa shape index (κ2) is 6.82. The van der Waals surface area contributed by atoms with Gasteiger partial charge >= 0.3 is 6.09 Å². The Labute approximate surface area is 155 Å². The molecular formula is C20H28N2O4.